The Morgan fingerprint density at radius 2 is 1.89 bits per heavy atom. The number of aromatic nitrogens is 3. The SMILES string of the molecule is O=C(c1ccc(Cl)cc1)N1CCN(Cc2nc(-c3cccnc3)no2)CC1. The van der Waals surface area contributed by atoms with Gasteiger partial charge in [-0.2, -0.15) is 4.98 Å². The number of carbonyl (C=O) groups is 1. The lowest BCUT2D eigenvalue weighted by Crippen LogP contribution is -2.48. The number of halogens is 1. The van der Waals surface area contributed by atoms with Gasteiger partial charge in [0.2, 0.25) is 11.7 Å². The molecule has 1 fully saturated rings. The molecule has 0 unspecified atom stereocenters. The third-order valence-corrected chi connectivity index (χ3v) is 4.75. The zero-order valence-electron chi connectivity index (χ0n) is 14.6. The zero-order chi connectivity index (χ0) is 18.6. The fourth-order valence-corrected chi connectivity index (χ4v) is 3.13. The summed E-state index contributed by atoms with van der Waals surface area (Å²) in [5.41, 5.74) is 1.48. The molecule has 0 atom stereocenters. The minimum atomic E-state index is 0.0305. The molecule has 138 valence electrons. The van der Waals surface area contributed by atoms with Crippen LogP contribution in [-0.4, -0.2) is 57.0 Å². The molecule has 7 nitrogen and oxygen atoms in total. The summed E-state index contributed by atoms with van der Waals surface area (Å²) < 4.78 is 5.35. The summed E-state index contributed by atoms with van der Waals surface area (Å²) in [4.78, 5) is 25.1. The first-order valence-electron chi connectivity index (χ1n) is 8.69. The lowest BCUT2D eigenvalue weighted by atomic mass is 10.2. The summed E-state index contributed by atoms with van der Waals surface area (Å²) in [6, 6.07) is 10.7. The number of hydrogen-bond acceptors (Lipinski definition) is 6. The third-order valence-electron chi connectivity index (χ3n) is 4.50. The number of amides is 1. The van der Waals surface area contributed by atoms with Crippen molar-refractivity contribution in [3.63, 3.8) is 0 Å². The number of benzene rings is 1. The van der Waals surface area contributed by atoms with Gasteiger partial charge in [-0.25, -0.2) is 0 Å². The monoisotopic (exact) mass is 383 g/mol. The molecule has 3 heterocycles. The van der Waals surface area contributed by atoms with Crippen molar-refractivity contribution in [2.75, 3.05) is 26.2 Å². The van der Waals surface area contributed by atoms with E-state index in [4.69, 9.17) is 16.1 Å². The maximum absolute atomic E-state index is 12.6. The van der Waals surface area contributed by atoms with E-state index >= 15 is 0 Å². The van der Waals surface area contributed by atoms with Crippen LogP contribution in [0.15, 0.2) is 53.3 Å². The quantitative estimate of drug-likeness (QED) is 0.689. The van der Waals surface area contributed by atoms with Crippen LogP contribution in [0.1, 0.15) is 16.2 Å². The highest BCUT2D eigenvalue weighted by atomic mass is 35.5. The van der Waals surface area contributed by atoms with E-state index < -0.39 is 0 Å². The maximum atomic E-state index is 12.6. The van der Waals surface area contributed by atoms with E-state index in [9.17, 15) is 4.79 Å². The van der Waals surface area contributed by atoms with Crippen LogP contribution >= 0.6 is 11.6 Å². The van der Waals surface area contributed by atoms with Crippen LogP contribution in [0.25, 0.3) is 11.4 Å². The van der Waals surface area contributed by atoms with Crippen molar-refractivity contribution in [1.29, 1.82) is 0 Å². The largest absolute Gasteiger partial charge is 0.338 e. The predicted molar refractivity (Wildman–Crippen MR) is 100 cm³/mol. The molecule has 4 rings (SSSR count). The number of carbonyl (C=O) groups excluding carboxylic acids is 1. The van der Waals surface area contributed by atoms with Crippen LogP contribution < -0.4 is 0 Å². The molecule has 1 amide bonds. The Labute approximate surface area is 161 Å². The van der Waals surface area contributed by atoms with Crippen molar-refractivity contribution in [3.05, 3.63) is 65.3 Å². The van der Waals surface area contributed by atoms with E-state index in [2.05, 4.69) is 20.0 Å². The van der Waals surface area contributed by atoms with E-state index in [-0.39, 0.29) is 5.91 Å². The Kier molecular flexibility index (Phi) is 5.13. The van der Waals surface area contributed by atoms with Gasteiger partial charge in [0.05, 0.1) is 6.54 Å². The second kappa shape index (κ2) is 7.85. The van der Waals surface area contributed by atoms with Crippen molar-refractivity contribution in [2.45, 2.75) is 6.54 Å². The molecule has 1 aliphatic heterocycles. The Balaban J connectivity index is 1.33. The van der Waals surface area contributed by atoms with E-state index in [1.54, 1.807) is 36.7 Å². The minimum Gasteiger partial charge on any atom is -0.338 e. The summed E-state index contributed by atoms with van der Waals surface area (Å²) in [7, 11) is 0. The van der Waals surface area contributed by atoms with Crippen molar-refractivity contribution >= 4 is 17.5 Å². The highest BCUT2D eigenvalue weighted by molar-refractivity contribution is 6.30. The average Bonchev–Trinajstić information content (AvgIpc) is 3.18. The summed E-state index contributed by atoms with van der Waals surface area (Å²) in [5, 5.41) is 4.64. The van der Waals surface area contributed by atoms with Gasteiger partial charge in [-0.15, -0.1) is 0 Å². The summed E-state index contributed by atoms with van der Waals surface area (Å²) in [6.45, 7) is 3.39. The van der Waals surface area contributed by atoms with Gasteiger partial charge >= 0.3 is 0 Å². The molecular formula is C19H18ClN5O2. The van der Waals surface area contributed by atoms with Gasteiger partial charge in [0.25, 0.3) is 5.91 Å². The molecule has 0 aliphatic carbocycles. The fraction of sp³-hybridized carbons (Fsp3) is 0.263. The highest BCUT2D eigenvalue weighted by Crippen LogP contribution is 2.16. The Morgan fingerprint density at radius 3 is 2.59 bits per heavy atom. The van der Waals surface area contributed by atoms with Crippen LogP contribution in [0, 0.1) is 0 Å². The minimum absolute atomic E-state index is 0.0305. The number of rotatable bonds is 4. The van der Waals surface area contributed by atoms with Gasteiger partial charge in [0.1, 0.15) is 0 Å². The Morgan fingerprint density at radius 1 is 1.11 bits per heavy atom. The van der Waals surface area contributed by atoms with E-state index in [1.807, 2.05) is 17.0 Å². The smallest absolute Gasteiger partial charge is 0.253 e. The molecular weight excluding hydrogens is 366 g/mol. The van der Waals surface area contributed by atoms with Crippen LogP contribution in [0.2, 0.25) is 5.02 Å². The normalized spacial score (nSPS) is 15.1. The van der Waals surface area contributed by atoms with Crippen molar-refractivity contribution in [1.82, 2.24) is 24.9 Å². The Bertz CT molecular complexity index is 905. The Hall–Kier alpha value is -2.77. The molecule has 8 heteroatoms. The molecule has 1 saturated heterocycles. The van der Waals surface area contributed by atoms with Crippen LogP contribution in [-0.2, 0) is 6.54 Å². The standard InChI is InChI=1S/C19H18ClN5O2/c20-16-5-3-14(4-6-16)19(26)25-10-8-24(9-11-25)13-17-22-18(23-27-17)15-2-1-7-21-12-15/h1-7,12H,8-11,13H2. The molecule has 0 saturated carbocycles. The molecule has 0 N–H and O–H groups in total. The van der Waals surface area contributed by atoms with Crippen LogP contribution in [0.5, 0.6) is 0 Å². The fourth-order valence-electron chi connectivity index (χ4n) is 3.01. The first-order valence-corrected chi connectivity index (χ1v) is 9.07. The first kappa shape index (κ1) is 17.6. The topological polar surface area (TPSA) is 75.4 Å². The first-order chi connectivity index (χ1) is 13.2. The lowest BCUT2D eigenvalue weighted by molar-refractivity contribution is 0.0615. The van der Waals surface area contributed by atoms with Crippen molar-refractivity contribution in [3.8, 4) is 11.4 Å². The second-order valence-electron chi connectivity index (χ2n) is 6.33. The maximum Gasteiger partial charge on any atom is 0.253 e. The summed E-state index contributed by atoms with van der Waals surface area (Å²) in [5.74, 6) is 1.13. The van der Waals surface area contributed by atoms with Crippen LogP contribution in [0.3, 0.4) is 0 Å². The summed E-state index contributed by atoms with van der Waals surface area (Å²) >= 11 is 5.88. The molecule has 0 bridgehead atoms. The predicted octanol–water partition coefficient (Wildman–Crippen LogP) is 2.74. The molecule has 0 spiro atoms. The van der Waals surface area contributed by atoms with Gasteiger partial charge in [-0.1, -0.05) is 16.8 Å². The molecule has 0 radical (unpaired) electrons. The number of nitrogens with zero attached hydrogens (tertiary/aromatic N) is 5. The second-order valence-corrected chi connectivity index (χ2v) is 6.77. The van der Waals surface area contributed by atoms with Gasteiger partial charge < -0.3 is 9.42 Å². The van der Waals surface area contributed by atoms with E-state index in [1.165, 1.54) is 0 Å². The highest BCUT2D eigenvalue weighted by Gasteiger charge is 2.23. The molecule has 27 heavy (non-hydrogen) atoms. The molecule has 2 aromatic heterocycles. The number of pyridine rings is 1. The lowest BCUT2D eigenvalue weighted by Gasteiger charge is -2.34. The number of piperazine rings is 1. The van der Waals surface area contributed by atoms with E-state index in [0.29, 0.717) is 41.9 Å². The van der Waals surface area contributed by atoms with Crippen molar-refractivity contribution < 1.29 is 9.32 Å². The van der Waals surface area contributed by atoms with Gasteiger partial charge in [0, 0.05) is 54.7 Å². The van der Waals surface area contributed by atoms with Crippen LogP contribution in [0.4, 0.5) is 0 Å². The molecule has 1 aliphatic rings. The zero-order valence-corrected chi connectivity index (χ0v) is 15.3. The molecule has 1 aromatic carbocycles. The van der Waals surface area contributed by atoms with E-state index in [0.717, 1.165) is 18.7 Å². The van der Waals surface area contributed by atoms with Crippen molar-refractivity contribution in [2.24, 2.45) is 0 Å². The average molecular weight is 384 g/mol. The van der Waals surface area contributed by atoms with Gasteiger partial charge in [-0.05, 0) is 36.4 Å². The third kappa shape index (κ3) is 4.15. The summed E-state index contributed by atoms with van der Waals surface area (Å²) in [6.07, 6.45) is 3.41. The van der Waals surface area contributed by atoms with Gasteiger partial charge in [0.15, 0.2) is 0 Å². The molecule has 3 aromatic rings. The number of hydrogen-bond donors (Lipinski definition) is 0. The van der Waals surface area contributed by atoms with Gasteiger partial charge in [-0.3, -0.25) is 14.7 Å².